The van der Waals surface area contributed by atoms with Crippen LogP contribution in [0.5, 0.6) is 0 Å². The van der Waals surface area contributed by atoms with Crippen molar-refractivity contribution in [3.05, 3.63) is 29.3 Å². The fraction of sp³-hybridized carbons (Fsp3) is 0.500. The van der Waals surface area contributed by atoms with Crippen LogP contribution in [0.3, 0.4) is 0 Å². The van der Waals surface area contributed by atoms with Crippen LogP contribution in [0.4, 0.5) is 0 Å². The molecule has 0 atom stereocenters. The normalized spacial score (nSPS) is 14.6. The molecule has 0 aliphatic heterocycles. The molecule has 0 bridgehead atoms. The average molecular weight is 265 g/mol. The molecule has 1 N–H and O–H groups in total. The van der Waals surface area contributed by atoms with Crippen molar-refractivity contribution in [3.63, 3.8) is 0 Å². The zero-order valence-corrected chi connectivity index (χ0v) is 11.7. The zero-order valence-electron chi connectivity index (χ0n) is 10.9. The largest absolute Gasteiger partial charge is 0.468 e. The fourth-order valence-corrected chi connectivity index (χ4v) is 2.53. The quantitative estimate of drug-likeness (QED) is 0.633. The number of hydrogen-bond acceptors (Lipinski definition) is 4. The molecule has 0 radical (unpaired) electrons. The van der Waals surface area contributed by atoms with E-state index >= 15 is 0 Å². The van der Waals surface area contributed by atoms with Gasteiger partial charge in [0, 0.05) is 17.5 Å². The van der Waals surface area contributed by atoms with E-state index in [2.05, 4.69) is 35.2 Å². The summed E-state index contributed by atoms with van der Waals surface area (Å²) in [4.78, 5) is 12.2. The molecule has 3 nitrogen and oxygen atoms in total. The van der Waals surface area contributed by atoms with E-state index in [9.17, 15) is 4.79 Å². The van der Waals surface area contributed by atoms with Crippen LogP contribution < -0.4 is 5.32 Å². The van der Waals surface area contributed by atoms with Crippen LogP contribution in [-0.2, 0) is 16.1 Å². The lowest BCUT2D eigenvalue weighted by molar-refractivity contribution is -0.137. The number of carbonyl (C=O) groups is 1. The number of thioether (sulfide) groups is 1. The van der Waals surface area contributed by atoms with E-state index in [1.165, 1.54) is 42.8 Å². The van der Waals surface area contributed by atoms with Crippen molar-refractivity contribution in [2.45, 2.75) is 37.2 Å². The van der Waals surface area contributed by atoms with Gasteiger partial charge in [0.1, 0.15) is 0 Å². The standard InChI is InChI=1S/C14H19NO2S/c1-10-7-13(18-9-14(16)17-2)6-3-11(10)8-15-12-4-5-12/h3,6-7,12,15H,4-5,8-9H2,1-2H3. The molecule has 4 heteroatoms. The first-order valence-electron chi connectivity index (χ1n) is 6.21. The first-order chi connectivity index (χ1) is 8.69. The maximum absolute atomic E-state index is 11.1. The highest BCUT2D eigenvalue weighted by Gasteiger charge is 2.20. The van der Waals surface area contributed by atoms with E-state index in [0.717, 1.165) is 17.5 Å². The maximum Gasteiger partial charge on any atom is 0.315 e. The summed E-state index contributed by atoms with van der Waals surface area (Å²) in [6, 6.07) is 7.09. The molecular weight excluding hydrogens is 246 g/mol. The molecule has 1 aromatic rings. The maximum atomic E-state index is 11.1. The molecule has 0 heterocycles. The second kappa shape index (κ2) is 6.25. The van der Waals surface area contributed by atoms with Gasteiger partial charge in [0.05, 0.1) is 12.9 Å². The van der Waals surface area contributed by atoms with Crippen LogP contribution in [0.2, 0.25) is 0 Å². The number of methoxy groups -OCH3 is 1. The van der Waals surface area contributed by atoms with E-state index < -0.39 is 0 Å². The number of esters is 1. The third-order valence-electron chi connectivity index (χ3n) is 3.06. The first kappa shape index (κ1) is 13.4. The van der Waals surface area contributed by atoms with Gasteiger partial charge in [-0.1, -0.05) is 6.07 Å². The first-order valence-corrected chi connectivity index (χ1v) is 7.20. The second-order valence-electron chi connectivity index (χ2n) is 4.61. The van der Waals surface area contributed by atoms with Crippen molar-refractivity contribution >= 4 is 17.7 Å². The molecule has 18 heavy (non-hydrogen) atoms. The van der Waals surface area contributed by atoms with E-state index in [-0.39, 0.29) is 5.97 Å². The molecule has 0 spiro atoms. The Morgan fingerprint density at radius 1 is 1.50 bits per heavy atom. The van der Waals surface area contributed by atoms with Crippen molar-refractivity contribution in [1.82, 2.24) is 5.32 Å². The summed E-state index contributed by atoms with van der Waals surface area (Å²) in [6.45, 7) is 3.06. The summed E-state index contributed by atoms with van der Waals surface area (Å²) in [6.07, 6.45) is 2.62. The van der Waals surface area contributed by atoms with Gasteiger partial charge in [-0.2, -0.15) is 0 Å². The average Bonchev–Trinajstić information content (AvgIpc) is 3.18. The number of nitrogens with one attached hydrogen (secondary N) is 1. The predicted molar refractivity (Wildman–Crippen MR) is 73.8 cm³/mol. The highest BCUT2D eigenvalue weighted by atomic mass is 32.2. The summed E-state index contributed by atoms with van der Waals surface area (Å²) < 4.78 is 4.63. The van der Waals surface area contributed by atoms with Gasteiger partial charge in [0.15, 0.2) is 0 Å². The number of carbonyl (C=O) groups excluding carboxylic acids is 1. The van der Waals surface area contributed by atoms with Gasteiger partial charge in [-0.25, -0.2) is 0 Å². The lowest BCUT2D eigenvalue weighted by atomic mass is 10.1. The lowest BCUT2D eigenvalue weighted by Gasteiger charge is -2.09. The molecule has 1 fully saturated rings. The van der Waals surface area contributed by atoms with Crippen LogP contribution in [0.1, 0.15) is 24.0 Å². The molecule has 1 aliphatic carbocycles. The molecular formula is C14H19NO2S. The fourth-order valence-electron chi connectivity index (χ4n) is 1.70. The van der Waals surface area contributed by atoms with Gasteiger partial charge in [-0.05, 0) is 43.0 Å². The highest BCUT2D eigenvalue weighted by Crippen LogP contribution is 2.23. The molecule has 1 saturated carbocycles. The smallest absolute Gasteiger partial charge is 0.315 e. The van der Waals surface area contributed by atoms with Crippen molar-refractivity contribution in [2.24, 2.45) is 0 Å². The van der Waals surface area contributed by atoms with Crippen molar-refractivity contribution in [2.75, 3.05) is 12.9 Å². The monoisotopic (exact) mass is 265 g/mol. The number of hydrogen-bond donors (Lipinski definition) is 1. The molecule has 0 saturated heterocycles. The Morgan fingerprint density at radius 2 is 2.28 bits per heavy atom. The Kier molecular flexibility index (Phi) is 4.66. The van der Waals surface area contributed by atoms with E-state index in [0.29, 0.717) is 5.75 Å². The third kappa shape index (κ3) is 4.03. The predicted octanol–water partition coefficient (Wildman–Crippen LogP) is 2.51. The molecule has 0 aromatic heterocycles. The summed E-state index contributed by atoms with van der Waals surface area (Å²) >= 11 is 1.52. The minimum Gasteiger partial charge on any atom is -0.468 e. The summed E-state index contributed by atoms with van der Waals surface area (Å²) in [5.74, 6) is 0.187. The number of ether oxygens (including phenoxy) is 1. The van der Waals surface area contributed by atoms with Crippen LogP contribution in [0.15, 0.2) is 23.1 Å². The number of benzene rings is 1. The summed E-state index contributed by atoms with van der Waals surface area (Å²) in [7, 11) is 1.42. The minimum atomic E-state index is -0.183. The molecule has 2 rings (SSSR count). The zero-order chi connectivity index (χ0) is 13.0. The SMILES string of the molecule is COC(=O)CSc1ccc(CNC2CC2)c(C)c1. The van der Waals surface area contributed by atoms with Crippen LogP contribution in [-0.4, -0.2) is 24.9 Å². The van der Waals surface area contributed by atoms with Gasteiger partial charge in [0.25, 0.3) is 0 Å². The van der Waals surface area contributed by atoms with Gasteiger partial charge >= 0.3 is 5.97 Å². The van der Waals surface area contributed by atoms with Gasteiger partial charge in [-0.15, -0.1) is 11.8 Å². The van der Waals surface area contributed by atoms with E-state index in [1.807, 2.05) is 0 Å². The van der Waals surface area contributed by atoms with E-state index in [1.54, 1.807) is 0 Å². The molecule has 0 unspecified atom stereocenters. The van der Waals surface area contributed by atoms with E-state index in [4.69, 9.17) is 0 Å². The summed E-state index contributed by atoms with van der Waals surface area (Å²) in [5.41, 5.74) is 2.61. The molecule has 0 amide bonds. The Hall–Kier alpha value is -1.00. The van der Waals surface area contributed by atoms with Crippen LogP contribution >= 0.6 is 11.8 Å². The third-order valence-corrected chi connectivity index (χ3v) is 4.02. The Labute approximate surface area is 112 Å². The van der Waals surface area contributed by atoms with Gasteiger partial charge in [0.2, 0.25) is 0 Å². The Bertz CT molecular complexity index is 430. The number of rotatable bonds is 6. The van der Waals surface area contributed by atoms with Gasteiger partial charge < -0.3 is 10.1 Å². The highest BCUT2D eigenvalue weighted by molar-refractivity contribution is 8.00. The van der Waals surface area contributed by atoms with Crippen LogP contribution in [0.25, 0.3) is 0 Å². The summed E-state index contributed by atoms with van der Waals surface area (Å²) in [5, 5.41) is 3.51. The van der Waals surface area contributed by atoms with Crippen LogP contribution in [0, 0.1) is 6.92 Å². The molecule has 1 aromatic carbocycles. The molecule has 1 aliphatic rings. The Balaban J connectivity index is 1.88. The van der Waals surface area contributed by atoms with Crippen molar-refractivity contribution in [1.29, 1.82) is 0 Å². The molecule has 98 valence electrons. The van der Waals surface area contributed by atoms with Gasteiger partial charge in [-0.3, -0.25) is 4.79 Å². The minimum absolute atomic E-state index is 0.183. The second-order valence-corrected chi connectivity index (χ2v) is 5.66. The van der Waals surface area contributed by atoms with Crippen molar-refractivity contribution < 1.29 is 9.53 Å². The van der Waals surface area contributed by atoms with Crippen molar-refractivity contribution in [3.8, 4) is 0 Å². The topological polar surface area (TPSA) is 38.3 Å². The Morgan fingerprint density at radius 3 is 2.89 bits per heavy atom. The number of aryl methyl sites for hydroxylation is 1. The lowest BCUT2D eigenvalue weighted by Crippen LogP contribution is -2.15.